The number of aryl methyl sites for hydroxylation is 1. The van der Waals surface area contributed by atoms with Gasteiger partial charge in [-0.2, -0.15) is 0 Å². The lowest BCUT2D eigenvalue weighted by Gasteiger charge is -2.20. The number of amides is 1. The van der Waals surface area contributed by atoms with E-state index in [1.807, 2.05) is 0 Å². The number of hydrogen-bond acceptors (Lipinski definition) is 3. The molecule has 0 fully saturated rings. The van der Waals surface area contributed by atoms with Gasteiger partial charge in [0.05, 0.1) is 12.5 Å². The lowest BCUT2D eigenvalue weighted by Crippen LogP contribution is -2.50. The predicted molar refractivity (Wildman–Crippen MR) is 52.4 cm³/mol. The molecule has 0 atom stereocenters. The molecule has 82 valence electrons. The molecule has 0 saturated carbocycles. The van der Waals surface area contributed by atoms with Crippen LogP contribution in [-0.4, -0.2) is 32.1 Å². The highest BCUT2D eigenvalue weighted by atomic mass is 16.4. The van der Waals surface area contributed by atoms with E-state index in [0.717, 1.165) is 0 Å². The largest absolute Gasteiger partial charge is 0.480 e. The molecule has 0 unspecified atom stereocenters. The molecule has 0 bridgehead atoms. The van der Waals surface area contributed by atoms with Crippen LogP contribution in [0.15, 0.2) is 12.5 Å². The van der Waals surface area contributed by atoms with Gasteiger partial charge in [-0.15, -0.1) is 0 Å². The minimum absolute atomic E-state index is 0.323. The predicted octanol–water partition coefficient (Wildman–Crippen LogP) is 0.0131. The number of imidazole rings is 1. The van der Waals surface area contributed by atoms with E-state index in [2.05, 4.69) is 10.3 Å². The second-order valence-corrected chi connectivity index (χ2v) is 3.77. The molecule has 0 aromatic carbocycles. The Kier molecular flexibility index (Phi) is 2.78. The number of carbonyl (C=O) groups is 2. The molecular weight excluding hydrogens is 198 g/mol. The zero-order chi connectivity index (χ0) is 11.6. The Labute approximate surface area is 86.9 Å². The third-order valence-corrected chi connectivity index (χ3v) is 2.01. The van der Waals surface area contributed by atoms with Crippen LogP contribution in [0.4, 0.5) is 0 Å². The molecule has 2 N–H and O–H groups in total. The summed E-state index contributed by atoms with van der Waals surface area (Å²) < 4.78 is 1.52. The van der Waals surface area contributed by atoms with Gasteiger partial charge in [0.15, 0.2) is 0 Å². The fourth-order valence-electron chi connectivity index (χ4n) is 0.977. The second kappa shape index (κ2) is 3.72. The molecule has 1 amide bonds. The van der Waals surface area contributed by atoms with Crippen molar-refractivity contribution in [1.29, 1.82) is 0 Å². The normalized spacial score (nSPS) is 11.1. The van der Waals surface area contributed by atoms with E-state index in [1.54, 1.807) is 7.05 Å². The first-order chi connectivity index (χ1) is 6.84. The molecule has 6 nitrogen and oxygen atoms in total. The van der Waals surface area contributed by atoms with Gasteiger partial charge >= 0.3 is 5.97 Å². The molecule has 6 heteroatoms. The van der Waals surface area contributed by atoms with Crippen molar-refractivity contribution in [2.45, 2.75) is 19.4 Å². The number of rotatable bonds is 3. The third-order valence-electron chi connectivity index (χ3n) is 2.01. The Balaban J connectivity index is 2.81. The summed E-state index contributed by atoms with van der Waals surface area (Å²) in [6, 6.07) is 0. The molecule has 1 heterocycles. The molecule has 0 spiro atoms. The smallest absolute Gasteiger partial charge is 0.328 e. The second-order valence-electron chi connectivity index (χ2n) is 3.77. The minimum atomic E-state index is -1.29. The summed E-state index contributed by atoms with van der Waals surface area (Å²) in [5.41, 5.74) is -0.967. The summed E-state index contributed by atoms with van der Waals surface area (Å²) in [6.45, 7) is 2.84. The molecule has 0 aliphatic carbocycles. The van der Waals surface area contributed by atoms with Gasteiger partial charge in [0.2, 0.25) is 0 Å². The van der Waals surface area contributed by atoms with Crippen LogP contribution in [0.5, 0.6) is 0 Å². The topological polar surface area (TPSA) is 84.2 Å². The van der Waals surface area contributed by atoms with Gasteiger partial charge in [0.25, 0.3) is 5.91 Å². The van der Waals surface area contributed by atoms with Gasteiger partial charge < -0.3 is 15.0 Å². The lowest BCUT2D eigenvalue weighted by atomic mass is 10.1. The lowest BCUT2D eigenvalue weighted by molar-refractivity contribution is -0.143. The zero-order valence-corrected chi connectivity index (χ0v) is 8.81. The summed E-state index contributed by atoms with van der Waals surface area (Å²) in [7, 11) is 1.66. The van der Waals surface area contributed by atoms with Crippen molar-refractivity contribution in [3.63, 3.8) is 0 Å². The van der Waals surface area contributed by atoms with E-state index >= 15 is 0 Å². The number of carbonyl (C=O) groups excluding carboxylic acids is 1. The average molecular weight is 211 g/mol. The summed E-state index contributed by atoms with van der Waals surface area (Å²) in [5.74, 6) is -1.54. The molecule has 0 aliphatic rings. The van der Waals surface area contributed by atoms with E-state index in [1.165, 1.54) is 30.9 Å². The molecule has 1 aromatic rings. The van der Waals surface area contributed by atoms with Crippen molar-refractivity contribution >= 4 is 11.9 Å². The Hall–Kier alpha value is -1.85. The molecule has 0 radical (unpaired) electrons. The Bertz CT molecular complexity index is 395. The monoisotopic (exact) mass is 211 g/mol. The van der Waals surface area contributed by atoms with Gasteiger partial charge in [0.1, 0.15) is 11.2 Å². The van der Waals surface area contributed by atoms with Crippen LogP contribution in [0, 0.1) is 0 Å². The maximum absolute atomic E-state index is 11.6. The Morgan fingerprint density at radius 1 is 1.53 bits per heavy atom. The van der Waals surface area contributed by atoms with Gasteiger partial charge in [-0.3, -0.25) is 4.79 Å². The maximum atomic E-state index is 11.6. The highest BCUT2D eigenvalue weighted by Crippen LogP contribution is 2.05. The quantitative estimate of drug-likeness (QED) is 0.737. The minimum Gasteiger partial charge on any atom is -0.480 e. The van der Waals surface area contributed by atoms with Gasteiger partial charge in [0, 0.05) is 7.05 Å². The summed E-state index contributed by atoms with van der Waals surface area (Å²) in [6.07, 6.45) is 2.86. The van der Waals surface area contributed by atoms with E-state index < -0.39 is 17.4 Å². The SMILES string of the molecule is Cn1cncc1C(=O)NC(C)(C)C(=O)O. The molecule has 0 aliphatic heterocycles. The Morgan fingerprint density at radius 3 is 2.53 bits per heavy atom. The van der Waals surface area contributed by atoms with Crippen LogP contribution in [0.2, 0.25) is 0 Å². The van der Waals surface area contributed by atoms with Gasteiger partial charge in [-0.05, 0) is 13.8 Å². The molecular formula is C9H13N3O3. The van der Waals surface area contributed by atoms with Crippen LogP contribution in [-0.2, 0) is 11.8 Å². The van der Waals surface area contributed by atoms with Crippen LogP contribution in [0.3, 0.4) is 0 Å². The van der Waals surface area contributed by atoms with Crippen molar-refractivity contribution in [1.82, 2.24) is 14.9 Å². The number of nitrogens with zero attached hydrogens (tertiary/aromatic N) is 2. The number of aromatic nitrogens is 2. The first kappa shape index (κ1) is 11.2. The van der Waals surface area contributed by atoms with E-state index in [0.29, 0.717) is 5.69 Å². The number of carboxylic acids is 1. The summed E-state index contributed by atoms with van der Waals surface area (Å²) in [4.78, 5) is 26.2. The van der Waals surface area contributed by atoms with E-state index in [4.69, 9.17) is 5.11 Å². The third kappa shape index (κ3) is 2.34. The molecule has 1 rings (SSSR count). The van der Waals surface area contributed by atoms with Gasteiger partial charge in [-0.25, -0.2) is 9.78 Å². The van der Waals surface area contributed by atoms with E-state index in [9.17, 15) is 9.59 Å². The molecule has 0 saturated heterocycles. The van der Waals surface area contributed by atoms with Crippen molar-refractivity contribution < 1.29 is 14.7 Å². The summed E-state index contributed by atoms with van der Waals surface area (Å²) >= 11 is 0. The van der Waals surface area contributed by atoms with Crippen molar-refractivity contribution in [3.8, 4) is 0 Å². The van der Waals surface area contributed by atoms with Crippen molar-refractivity contribution in [2.24, 2.45) is 7.05 Å². The standard InChI is InChI=1S/C9H13N3O3/c1-9(2,8(14)15)11-7(13)6-4-10-5-12(6)3/h4-5H,1-3H3,(H,11,13)(H,14,15). The van der Waals surface area contributed by atoms with Crippen LogP contribution < -0.4 is 5.32 Å². The first-order valence-corrected chi connectivity index (χ1v) is 4.37. The summed E-state index contributed by atoms with van der Waals surface area (Å²) in [5, 5.41) is 11.2. The molecule has 1 aromatic heterocycles. The van der Waals surface area contributed by atoms with E-state index in [-0.39, 0.29) is 0 Å². The van der Waals surface area contributed by atoms with Crippen LogP contribution in [0.25, 0.3) is 0 Å². The zero-order valence-electron chi connectivity index (χ0n) is 8.81. The fourth-order valence-corrected chi connectivity index (χ4v) is 0.977. The maximum Gasteiger partial charge on any atom is 0.328 e. The average Bonchev–Trinajstić information content (AvgIpc) is 2.50. The Morgan fingerprint density at radius 2 is 2.13 bits per heavy atom. The molecule has 15 heavy (non-hydrogen) atoms. The van der Waals surface area contributed by atoms with Crippen molar-refractivity contribution in [2.75, 3.05) is 0 Å². The number of aliphatic carboxylic acids is 1. The number of nitrogens with one attached hydrogen (secondary N) is 1. The highest BCUT2D eigenvalue weighted by Gasteiger charge is 2.29. The fraction of sp³-hybridized carbons (Fsp3) is 0.444. The number of hydrogen-bond donors (Lipinski definition) is 2. The number of carboxylic acid groups (broad SMARTS) is 1. The van der Waals surface area contributed by atoms with Crippen molar-refractivity contribution in [3.05, 3.63) is 18.2 Å². The highest BCUT2D eigenvalue weighted by molar-refractivity contribution is 5.96. The van der Waals surface area contributed by atoms with Gasteiger partial charge in [-0.1, -0.05) is 0 Å². The van der Waals surface area contributed by atoms with Crippen LogP contribution in [0.1, 0.15) is 24.3 Å². The first-order valence-electron chi connectivity index (χ1n) is 4.37. The van der Waals surface area contributed by atoms with Crippen LogP contribution >= 0.6 is 0 Å².